The summed E-state index contributed by atoms with van der Waals surface area (Å²) in [6, 6.07) is 11.2. The summed E-state index contributed by atoms with van der Waals surface area (Å²) in [5.41, 5.74) is 3.04. The lowest BCUT2D eigenvalue weighted by Gasteiger charge is -2.28. The fourth-order valence-electron chi connectivity index (χ4n) is 3.14. The van der Waals surface area contributed by atoms with Crippen molar-refractivity contribution in [3.8, 4) is 11.3 Å². The van der Waals surface area contributed by atoms with Crippen LogP contribution in [-0.4, -0.2) is 29.0 Å². The lowest BCUT2D eigenvalue weighted by molar-refractivity contribution is 0.102. The molecule has 0 bridgehead atoms. The Bertz CT molecular complexity index is 935. The van der Waals surface area contributed by atoms with Gasteiger partial charge in [-0.3, -0.25) is 10.1 Å². The topological polar surface area (TPSA) is 58.1 Å². The minimum atomic E-state index is -0.264. The molecule has 1 fully saturated rings. The second-order valence-electron chi connectivity index (χ2n) is 6.42. The van der Waals surface area contributed by atoms with Gasteiger partial charge >= 0.3 is 0 Å². The van der Waals surface area contributed by atoms with Gasteiger partial charge in [-0.15, -0.1) is 11.3 Å². The highest BCUT2D eigenvalue weighted by Crippen LogP contribution is 2.30. The van der Waals surface area contributed by atoms with Crippen LogP contribution in [0.4, 0.5) is 10.8 Å². The van der Waals surface area contributed by atoms with Crippen LogP contribution in [0.25, 0.3) is 11.3 Å². The Balaban J connectivity index is 1.44. The average Bonchev–Trinajstić information content (AvgIpc) is 3.17. The molecule has 0 atom stereocenters. The molecule has 1 saturated heterocycles. The van der Waals surface area contributed by atoms with Gasteiger partial charge in [0.2, 0.25) is 0 Å². The number of pyridine rings is 1. The summed E-state index contributed by atoms with van der Waals surface area (Å²) in [7, 11) is 0. The minimum Gasteiger partial charge on any atom is -0.370 e. The monoisotopic (exact) mass is 398 g/mol. The Labute approximate surface area is 167 Å². The van der Waals surface area contributed by atoms with Gasteiger partial charge in [-0.2, -0.15) is 0 Å². The normalized spacial score (nSPS) is 14.2. The van der Waals surface area contributed by atoms with Crippen molar-refractivity contribution in [1.29, 1.82) is 0 Å². The van der Waals surface area contributed by atoms with Crippen LogP contribution in [0.2, 0.25) is 5.02 Å². The number of halogens is 1. The Morgan fingerprint density at radius 2 is 1.93 bits per heavy atom. The Morgan fingerprint density at radius 3 is 2.67 bits per heavy atom. The fraction of sp³-hybridized carbons (Fsp3) is 0.250. The first kappa shape index (κ1) is 17.9. The third kappa shape index (κ3) is 4.12. The summed E-state index contributed by atoms with van der Waals surface area (Å²) in [5.74, 6) is -0.264. The molecule has 5 nitrogen and oxygen atoms in total. The van der Waals surface area contributed by atoms with Crippen LogP contribution in [0.5, 0.6) is 0 Å². The SMILES string of the molecule is O=C(Nc1nc(-c2ccccc2Cl)cs1)c1ccc(N2CCCCC2)cn1. The molecule has 1 aromatic carbocycles. The largest absolute Gasteiger partial charge is 0.370 e. The number of hydrogen-bond acceptors (Lipinski definition) is 5. The highest BCUT2D eigenvalue weighted by Gasteiger charge is 2.15. The van der Waals surface area contributed by atoms with Crippen molar-refractivity contribution in [2.45, 2.75) is 19.3 Å². The molecule has 2 aromatic heterocycles. The summed E-state index contributed by atoms with van der Waals surface area (Å²) in [5, 5.41) is 5.85. The van der Waals surface area contributed by atoms with E-state index >= 15 is 0 Å². The molecule has 0 radical (unpaired) electrons. The average molecular weight is 399 g/mol. The van der Waals surface area contributed by atoms with Gasteiger partial charge in [-0.25, -0.2) is 9.97 Å². The molecule has 0 unspecified atom stereocenters. The Kier molecular flexibility index (Phi) is 5.36. The first-order valence-electron chi connectivity index (χ1n) is 8.93. The number of thiazole rings is 1. The zero-order chi connectivity index (χ0) is 18.6. The molecule has 1 aliphatic heterocycles. The number of benzene rings is 1. The Morgan fingerprint density at radius 1 is 1.11 bits per heavy atom. The van der Waals surface area contributed by atoms with Crippen molar-refractivity contribution in [1.82, 2.24) is 9.97 Å². The van der Waals surface area contributed by atoms with Gasteiger partial charge in [0.15, 0.2) is 5.13 Å². The molecule has 3 aromatic rings. The number of carbonyl (C=O) groups excluding carboxylic acids is 1. The lowest BCUT2D eigenvalue weighted by atomic mass is 10.1. The molecule has 138 valence electrons. The van der Waals surface area contributed by atoms with Crippen LogP contribution < -0.4 is 10.2 Å². The number of hydrogen-bond donors (Lipinski definition) is 1. The van der Waals surface area contributed by atoms with E-state index in [1.54, 1.807) is 12.3 Å². The second-order valence-corrected chi connectivity index (χ2v) is 7.69. The van der Waals surface area contributed by atoms with Crippen molar-refractivity contribution in [3.05, 3.63) is 58.7 Å². The predicted octanol–water partition coefficient (Wildman–Crippen LogP) is 5.10. The first-order valence-corrected chi connectivity index (χ1v) is 10.2. The number of anilines is 2. The van der Waals surface area contributed by atoms with E-state index in [1.165, 1.54) is 30.6 Å². The van der Waals surface area contributed by atoms with E-state index in [0.717, 1.165) is 30.0 Å². The second kappa shape index (κ2) is 8.06. The van der Waals surface area contributed by atoms with Crippen LogP contribution in [0.15, 0.2) is 48.0 Å². The third-order valence-corrected chi connectivity index (χ3v) is 5.66. The van der Waals surface area contributed by atoms with Gasteiger partial charge in [-0.1, -0.05) is 29.8 Å². The molecule has 3 heterocycles. The zero-order valence-electron chi connectivity index (χ0n) is 14.7. The maximum atomic E-state index is 12.5. The van der Waals surface area contributed by atoms with Crippen molar-refractivity contribution in [3.63, 3.8) is 0 Å². The summed E-state index contributed by atoms with van der Waals surface area (Å²) in [4.78, 5) is 23.6. The quantitative estimate of drug-likeness (QED) is 0.664. The molecule has 0 aliphatic carbocycles. The van der Waals surface area contributed by atoms with Gasteiger partial charge < -0.3 is 4.90 Å². The number of carbonyl (C=O) groups is 1. The maximum absolute atomic E-state index is 12.5. The standard InChI is InChI=1S/C20H19ClN4OS/c21-16-7-3-2-6-15(16)18-13-27-20(23-18)24-19(26)17-9-8-14(12-22-17)25-10-4-1-5-11-25/h2-3,6-9,12-13H,1,4-5,10-11H2,(H,23,24,26). The third-order valence-electron chi connectivity index (χ3n) is 4.58. The highest BCUT2D eigenvalue weighted by atomic mass is 35.5. The van der Waals surface area contributed by atoms with Gasteiger partial charge in [0.1, 0.15) is 5.69 Å². The lowest BCUT2D eigenvalue weighted by Crippen LogP contribution is -2.29. The van der Waals surface area contributed by atoms with Crippen LogP contribution in [0.3, 0.4) is 0 Å². The van der Waals surface area contributed by atoms with Crippen LogP contribution in [0.1, 0.15) is 29.8 Å². The summed E-state index contributed by atoms with van der Waals surface area (Å²) in [6.07, 6.45) is 5.48. The smallest absolute Gasteiger partial charge is 0.276 e. The molecule has 1 amide bonds. The number of rotatable bonds is 4. The van der Waals surface area contributed by atoms with E-state index in [0.29, 0.717) is 15.8 Å². The van der Waals surface area contributed by atoms with E-state index in [1.807, 2.05) is 35.7 Å². The van der Waals surface area contributed by atoms with E-state index in [2.05, 4.69) is 20.2 Å². The number of piperidine rings is 1. The maximum Gasteiger partial charge on any atom is 0.276 e. The molecular weight excluding hydrogens is 380 g/mol. The van der Waals surface area contributed by atoms with Gasteiger partial charge in [-0.05, 0) is 37.5 Å². The van der Waals surface area contributed by atoms with E-state index < -0.39 is 0 Å². The van der Waals surface area contributed by atoms with Crippen LogP contribution >= 0.6 is 22.9 Å². The summed E-state index contributed by atoms with van der Waals surface area (Å²) >= 11 is 7.58. The minimum absolute atomic E-state index is 0.264. The molecule has 1 N–H and O–H groups in total. The molecule has 7 heteroatoms. The van der Waals surface area contributed by atoms with Crippen molar-refractivity contribution in [2.75, 3.05) is 23.3 Å². The highest BCUT2D eigenvalue weighted by molar-refractivity contribution is 7.14. The van der Waals surface area contributed by atoms with Gasteiger partial charge in [0.05, 0.1) is 17.6 Å². The zero-order valence-corrected chi connectivity index (χ0v) is 16.3. The van der Waals surface area contributed by atoms with E-state index in [-0.39, 0.29) is 5.91 Å². The van der Waals surface area contributed by atoms with Crippen LogP contribution in [0, 0.1) is 0 Å². The Hall–Kier alpha value is -2.44. The van der Waals surface area contributed by atoms with Gasteiger partial charge in [0, 0.05) is 29.1 Å². The van der Waals surface area contributed by atoms with E-state index in [4.69, 9.17) is 11.6 Å². The van der Waals surface area contributed by atoms with Crippen LogP contribution in [-0.2, 0) is 0 Å². The van der Waals surface area contributed by atoms with Crippen molar-refractivity contribution < 1.29 is 4.79 Å². The molecular formula is C20H19ClN4OS. The van der Waals surface area contributed by atoms with E-state index in [9.17, 15) is 4.79 Å². The number of aromatic nitrogens is 2. The molecule has 4 rings (SSSR count). The molecule has 0 saturated carbocycles. The predicted molar refractivity (Wildman–Crippen MR) is 111 cm³/mol. The molecule has 0 spiro atoms. The number of amides is 1. The van der Waals surface area contributed by atoms with Gasteiger partial charge in [0.25, 0.3) is 5.91 Å². The van der Waals surface area contributed by atoms with Crippen molar-refractivity contribution >= 4 is 39.7 Å². The van der Waals surface area contributed by atoms with Crippen molar-refractivity contribution in [2.24, 2.45) is 0 Å². The fourth-order valence-corrected chi connectivity index (χ4v) is 4.08. The molecule has 27 heavy (non-hydrogen) atoms. The summed E-state index contributed by atoms with van der Waals surface area (Å²) < 4.78 is 0. The molecule has 1 aliphatic rings. The first-order chi connectivity index (χ1) is 13.2. The summed E-state index contributed by atoms with van der Waals surface area (Å²) in [6.45, 7) is 2.11. The number of nitrogens with zero attached hydrogens (tertiary/aromatic N) is 3. The number of nitrogens with one attached hydrogen (secondary N) is 1.